The number of nitro groups is 1. The summed E-state index contributed by atoms with van der Waals surface area (Å²) in [6, 6.07) is 17.6. The molecule has 0 unspecified atom stereocenters. The summed E-state index contributed by atoms with van der Waals surface area (Å²) in [4.78, 5) is 15.6. The van der Waals surface area contributed by atoms with E-state index in [1.165, 1.54) is 24.4 Å². The number of anilines is 1. The summed E-state index contributed by atoms with van der Waals surface area (Å²) in [5, 5.41) is 11.5. The van der Waals surface area contributed by atoms with Gasteiger partial charge in [-0.15, -0.1) is 0 Å². The lowest BCUT2D eigenvalue weighted by atomic mass is 10.0. The van der Waals surface area contributed by atoms with Crippen LogP contribution in [0.15, 0.2) is 59.0 Å². The maximum atomic E-state index is 11.5. The van der Waals surface area contributed by atoms with Crippen LogP contribution in [-0.2, 0) is 6.54 Å². The van der Waals surface area contributed by atoms with Crippen molar-refractivity contribution in [3.63, 3.8) is 0 Å². The summed E-state index contributed by atoms with van der Waals surface area (Å²) in [6.07, 6.45) is 2.25. The van der Waals surface area contributed by atoms with Crippen LogP contribution in [0.25, 0.3) is 11.3 Å². The van der Waals surface area contributed by atoms with Crippen molar-refractivity contribution in [2.45, 2.75) is 25.4 Å². The number of hydrogen-bond acceptors (Lipinski definition) is 6. The van der Waals surface area contributed by atoms with Gasteiger partial charge in [-0.25, -0.2) is 0 Å². The van der Waals surface area contributed by atoms with Crippen molar-refractivity contribution >= 4 is 11.4 Å². The zero-order valence-electron chi connectivity index (χ0n) is 18.1. The van der Waals surface area contributed by atoms with Gasteiger partial charge < -0.3 is 14.1 Å². The Balaban J connectivity index is 1.53. The molecule has 0 N–H and O–H groups in total. The minimum atomic E-state index is -0.409. The molecular weight excluding hydrogens is 394 g/mol. The van der Waals surface area contributed by atoms with E-state index in [0.29, 0.717) is 29.7 Å². The van der Waals surface area contributed by atoms with Gasteiger partial charge >= 0.3 is 0 Å². The number of benzene rings is 2. The number of likely N-dealkylation sites (tertiary alicyclic amines) is 1. The molecule has 1 aliphatic heterocycles. The van der Waals surface area contributed by atoms with Gasteiger partial charge in [-0.1, -0.05) is 12.1 Å². The van der Waals surface area contributed by atoms with E-state index in [1.807, 2.05) is 20.2 Å². The minimum Gasteiger partial charge on any atom is -0.497 e. The molecule has 7 nitrogen and oxygen atoms in total. The third-order valence-electron chi connectivity index (χ3n) is 5.85. The molecular formula is C24H27N3O4. The minimum absolute atomic E-state index is 0.0275. The summed E-state index contributed by atoms with van der Waals surface area (Å²) in [5.41, 5.74) is 2.92. The number of hydrogen-bond donors (Lipinski definition) is 0. The van der Waals surface area contributed by atoms with Crippen molar-refractivity contribution in [2.24, 2.45) is 0 Å². The highest BCUT2D eigenvalue weighted by atomic mass is 16.6. The monoisotopic (exact) mass is 421 g/mol. The summed E-state index contributed by atoms with van der Waals surface area (Å²) in [7, 11) is 5.57. The van der Waals surface area contributed by atoms with Gasteiger partial charge in [-0.05, 0) is 61.3 Å². The van der Waals surface area contributed by atoms with E-state index in [9.17, 15) is 10.1 Å². The van der Waals surface area contributed by atoms with Crippen molar-refractivity contribution in [2.75, 3.05) is 32.6 Å². The lowest BCUT2D eigenvalue weighted by Crippen LogP contribution is -2.22. The predicted molar refractivity (Wildman–Crippen MR) is 121 cm³/mol. The van der Waals surface area contributed by atoms with E-state index in [0.717, 1.165) is 25.1 Å². The van der Waals surface area contributed by atoms with Crippen molar-refractivity contribution in [3.8, 4) is 17.1 Å². The number of nitrogens with zero attached hydrogens (tertiary/aromatic N) is 3. The van der Waals surface area contributed by atoms with Gasteiger partial charge in [-0.3, -0.25) is 15.0 Å². The van der Waals surface area contributed by atoms with Crippen molar-refractivity contribution in [1.29, 1.82) is 0 Å². The molecule has 2 aromatic carbocycles. The lowest BCUT2D eigenvalue weighted by molar-refractivity contribution is -0.384. The fourth-order valence-corrected chi connectivity index (χ4v) is 4.19. The lowest BCUT2D eigenvalue weighted by Gasteiger charge is -2.24. The van der Waals surface area contributed by atoms with E-state index in [-0.39, 0.29) is 5.69 Å². The summed E-state index contributed by atoms with van der Waals surface area (Å²) >= 11 is 0. The maximum Gasteiger partial charge on any atom is 0.284 e. The molecule has 1 aromatic heterocycles. The third kappa shape index (κ3) is 4.41. The molecule has 7 heteroatoms. The van der Waals surface area contributed by atoms with Crippen molar-refractivity contribution in [1.82, 2.24) is 4.90 Å². The second kappa shape index (κ2) is 8.81. The summed E-state index contributed by atoms with van der Waals surface area (Å²) in [5.74, 6) is 1.75. The Labute approximate surface area is 182 Å². The molecule has 3 aromatic rings. The molecule has 1 saturated heterocycles. The molecule has 0 aliphatic carbocycles. The highest BCUT2D eigenvalue weighted by Crippen LogP contribution is 2.37. The van der Waals surface area contributed by atoms with Gasteiger partial charge in [-0.2, -0.15) is 0 Å². The largest absolute Gasteiger partial charge is 0.497 e. The topological polar surface area (TPSA) is 72.0 Å². The molecule has 4 rings (SSSR count). The Morgan fingerprint density at radius 3 is 2.61 bits per heavy atom. The first-order valence-corrected chi connectivity index (χ1v) is 10.4. The summed E-state index contributed by atoms with van der Waals surface area (Å²) < 4.78 is 11.2. The fraction of sp³-hybridized carbons (Fsp3) is 0.333. The van der Waals surface area contributed by atoms with E-state index >= 15 is 0 Å². The van der Waals surface area contributed by atoms with E-state index in [1.54, 1.807) is 18.2 Å². The average Bonchev–Trinajstić information content (AvgIpc) is 3.43. The Hall–Kier alpha value is -3.32. The zero-order chi connectivity index (χ0) is 22.0. The highest BCUT2D eigenvalue weighted by molar-refractivity contribution is 5.71. The highest BCUT2D eigenvalue weighted by Gasteiger charge is 2.27. The van der Waals surface area contributed by atoms with Gasteiger partial charge in [0.1, 0.15) is 17.3 Å². The Morgan fingerprint density at radius 1 is 1.16 bits per heavy atom. The molecule has 1 aliphatic rings. The van der Waals surface area contributed by atoms with Gasteiger partial charge in [0.2, 0.25) is 0 Å². The molecule has 31 heavy (non-hydrogen) atoms. The Morgan fingerprint density at radius 2 is 1.94 bits per heavy atom. The molecule has 0 radical (unpaired) electrons. The quantitative estimate of drug-likeness (QED) is 0.382. The van der Waals surface area contributed by atoms with E-state index in [2.05, 4.69) is 34.1 Å². The number of rotatable bonds is 7. The Bertz CT molecular complexity index is 1060. The first kappa shape index (κ1) is 20.9. The molecule has 2 heterocycles. The van der Waals surface area contributed by atoms with Crippen LogP contribution >= 0.6 is 0 Å². The number of methoxy groups -OCH3 is 1. The average molecular weight is 421 g/mol. The molecule has 0 amide bonds. The van der Waals surface area contributed by atoms with Crippen LogP contribution in [0.4, 0.5) is 11.4 Å². The number of furan rings is 1. The van der Waals surface area contributed by atoms with Crippen molar-refractivity contribution < 1.29 is 14.1 Å². The second-order valence-corrected chi connectivity index (χ2v) is 8.02. The molecule has 0 spiro atoms. The van der Waals surface area contributed by atoms with Crippen LogP contribution in [0, 0.1) is 10.1 Å². The maximum absolute atomic E-state index is 11.5. The van der Waals surface area contributed by atoms with E-state index < -0.39 is 4.92 Å². The normalized spacial score (nSPS) is 16.4. The van der Waals surface area contributed by atoms with Crippen LogP contribution in [0.1, 0.15) is 30.2 Å². The SMILES string of the molecule is COc1ccc(-c2ccc(CN3CCC[C@H]3c3ccc(N(C)C)cc3)o2)c([N+](=O)[O-])c1. The first-order chi connectivity index (χ1) is 15.0. The van der Waals surface area contributed by atoms with Crippen LogP contribution in [0.3, 0.4) is 0 Å². The van der Waals surface area contributed by atoms with Gasteiger partial charge in [0.25, 0.3) is 5.69 Å². The van der Waals surface area contributed by atoms with Crippen LogP contribution in [0.5, 0.6) is 5.75 Å². The standard InChI is InChI=1S/C24H27N3O4/c1-25(2)18-8-6-17(7-9-18)22-5-4-14-26(22)16-20-11-13-24(31-20)21-12-10-19(30-3)15-23(21)27(28)29/h6-13,15,22H,4-5,14,16H2,1-3H3/t22-/m0/s1. The van der Waals surface area contributed by atoms with Gasteiger partial charge in [0, 0.05) is 25.8 Å². The third-order valence-corrected chi connectivity index (χ3v) is 5.85. The van der Waals surface area contributed by atoms with Crippen LogP contribution in [0.2, 0.25) is 0 Å². The van der Waals surface area contributed by atoms with Crippen LogP contribution < -0.4 is 9.64 Å². The first-order valence-electron chi connectivity index (χ1n) is 10.4. The molecule has 0 bridgehead atoms. The second-order valence-electron chi connectivity index (χ2n) is 8.02. The zero-order valence-corrected chi connectivity index (χ0v) is 18.1. The summed E-state index contributed by atoms with van der Waals surface area (Å²) in [6.45, 7) is 1.67. The smallest absolute Gasteiger partial charge is 0.284 e. The molecule has 162 valence electrons. The molecule has 1 fully saturated rings. The van der Waals surface area contributed by atoms with Crippen molar-refractivity contribution in [3.05, 3.63) is 76.0 Å². The van der Waals surface area contributed by atoms with Crippen LogP contribution in [-0.4, -0.2) is 37.6 Å². The Kier molecular flexibility index (Phi) is 5.95. The van der Waals surface area contributed by atoms with Gasteiger partial charge in [0.05, 0.1) is 30.2 Å². The predicted octanol–water partition coefficient (Wildman–Crippen LogP) is 5.27. The molecule has 0 saturated carbocycles. The van der Waals surface area contributed by atoms with Gasteiger partial charge in [0.15, 0.2) is 0 Å². The fourth-order valence-electron chi connectivity index (χ4n) is 4.19. The number of ether oxygens (including phenoxy) is 1. The molecule has 1 atom stereocenters. The number of nitro benzene ring substituents is 1. The van der Waals surface area contributed by atoms with E-state index in [4.69, 9.17) is 9.15 Å².